The first-order chi connectivity index (χ1) is 14.1. The number of nitrogens with one attached hydrogen (secondary N) is 1. The molecule has 1 N–H and O–H groups in total. The van der Waals surface area contributed by atoms with Crippen LogP contribution in [0, 0.1) is 0 Å². The lowest BCUT2D eigenvalue weighted by Gasteiger charge is -2.35. The Morgan fingerprint density at radius 1 is 0.966 bits per heavy atom. The van der Waals surface area contributed by atoms with Crippen molar-refractivity contribution in [3.63, 3.8) is 0 Å². The van der Waals surface area contributed by atoms with Gasteiger partial charge in [0.2, 0.25) is 0 Å². The number of benzene rings is 2. The fraction of sp³-hybridized carbons (Fsp3) is 0.409. The van der Waals surface area contributed by atoms with Crippen LogP contribution in [0.3, 0.4) is 0 Å². The van der Waals surface area contributed by atoms with Gasteiger partial charge in [-0.15, -0.1) is 0 Å². The van der Waals surface area contributed by atoms with Gasteiger partial charge in [-0.3, -0.25) is 9.69 Å². The molecule has 0 saturated carbocycles. The van der Waals surface area contributed by atoms with Crippen LogP contribution < -0.4 is 19.5 Å². The highest BCUT2D eigenvalue weighted by Gasteiger charge is 2.23. The SMILES string of the molecule is COc1ccc([C@H](CNC(=O)c2cc(OC)cc(OC)c2)N2CCOCC2)cc1. The van der Waals surface area contributed by atoms with E-state index in [9.17, 15) is 4.79 Å². The number of carbonyl (C=O) groups excluding carboxylic acids is 1. The molecule has 0 spiro atoms. The standard InChI is InChI=1S/C22H28N2O5/c1-26-18-6-4-16(5-7-18)21(24-8-10-29-11-9-24)15-23-22(25)17-12-19(27-2)14-20(13-17)28-3/h4-7,12-14,21H,8-11,15H2,1-3H3,(H,23,25)/t21-/m0/s1. The number of hydrogen-bond donors (Lipinski definition) is 1. The van der Waals surface area contributed by atoms with E-state index in [2.05, 4.69) is 10.2 Å². The topological polar surface area (TPSA) is 69.3 Å². The summed E-state index contributed by atoms with van der Waals surface area (Å²) in [5.41, 5.74) is 1.62. The van der Waals surface area contributed by atoms with E-state index in [1.54, 1.807) is 39.5 Å². The molecule has 2 aromatic rings. The number of hydrogen-bond acceptors (Lipinski definition) is 6. The summed E-state index contributed by atoms with van der Waals surface area (Å²) in [5, 5.41) is 3.06. The molecule has 0 aromatic heterocycles. The highest BCUT2D eigenvalue weighted by Crippen LogP contribution is 2.25. The number of amides is 1. The maximum Gasteiger partial charge on any atom is 0.251 e. The van der Waals surface area contributed by atoms with Crippen LogP contribution >= 0.6 is 0 Å². The molecule has 1 atom stereocenters. The van der Waals surface area contributed by atoms with Gasteiger partial charge in [0, 0.05) is 31.3 Å². The van der Waals surface area contributed by atoms with Gasteiger partial charge in [0.1, 0.15) is 17.2 Å². The van der Waals surface area contributed by atoms with E-state index >= 15 is 0 Å². The maximum absolute atomic E-state index is 12.8. The van der Waals surface area contributed by atoms with Crippen molar-refractivity contribution in [2.24, 2.45) is 0 Å². The molecule has 1 heterocycles. The molecule has 1 aliphatic heterocycles. The van der Waals surface area contributed by atoms with Gasteiger partial charge in [-0.2, -0.15) is 0 Å². The van der Waals surface area contributed by atoms with Gasteiger partial charge < -0.3 is 24.3 Å². The molecule has 0 unspecified atom stereocenters. The summed E-state index contributed by atoms with van der Waals surface area (Å²) >= 11 is 0. The molecule has 1 aliphatic rings. The Labute approximate surface area is 171 Å². The molecule has 3 rings (SSSR count). The van der Waals surface area contributed by atoms with Crippen LogP contribution in [-0.4, -0.2) is 65.0 Å². The van der Waals surface area contributed by atoms with Crippen molar-refractivity contribution >= 4 is 5.91 Å². The first-order valence-corrected chi connectivity index (χ1v) is 9.61. The van der Waals surface area contributed by atoms with E-state index in [1.165, 1.54) is 0 Å². The Morgan fingerprint density at radius 3 is 2.10 bits per heavy atom. The zero-order valence-electron chi connectivity index (χ0n) is 17.1. The third kappa shape index (κ3) is 5.40. The zero-order chi connectivity index (χ0) is 20.6. The fourth-order valence-corrected chi connectivity index (χ4v) is 3.40. The lowest BCUT2D eigenvalue weighted by Crippen LogP contribution is -2.43. The molecule has 0 radical (unpaired) electrons. The van der Waals surface area contributed by atoms with Crippen LogP contribution in [0.2, 0.25) is 0 Å². The molecule has 7 heteroatoms. The van der Waals surface area contributed by atoms with Crippen molar-refractivity contribution in [1.29, 1.82) is 0 Å². The largest absolute Gasteiger partial charge is 0.497 e. The Bertz CT molecular complexity index is 781. The predicted molar refractivity (Wildman–Crippen MR) is 110 cm³/mol. The highest BCUT2D eigenvalue weighted by atomic mass is 16.5. The second-order valence-electron chi connectivity index (χ2n) is 6.75. The molecular formula is C22H28N2O5. The minimum Gasteiger partial charge on any atom is -0.497 e. The van der Waals surface area contributed by atoms with E-state index in [1.807, 2.05) is 24.3 Å². The molecule has 1 amide bonds. The average molecular weight is 400 g/mol. The van der Waals surface area contributed by atoms with Gasteiger partial charge in [-0.05, 0) is 29.8 Å². The zero-order valence-corrected chi connectivity index (χ0v) is 17.1. The van der Waals surface area contributed by atoms with Gasteiger partial charge >= 0.3 is 0 Å². The van der Waals surface area contributed by atoms with Crippen molar-refractivity contribution in [3.05, 3.63) is 53.6 Å². The monoisotopic (exact) mass is 400 g/mol. The molecule has 29 heavy (non-hydrogen) atoms. The summed E-state index contributed by atoms with van der Waals surface area (Å²) < 4.78 is 21.3. The van der Waals surface area contributed by atoms with Crippen LogP contribution in [0.15, 0.2) is 42.5 Å². The minimum absolute atomic E-state index is 0.0428. The van der Waals surface area contributed by atoms with Crippen molar-refractivity contribution in [3.8, 4) is 17.2 Å². The molecule has 1 saturated heterocycles. The first-order valence-electron chi connectivity index (χ1n) is 9.61. The summed E-state index contributed by atoms with van der Waals surface area (Å²) in [6, 6.07) is 13.2. The smallest absolute Gasteiger partial charge is 0.251 e. The quantitative estimate of drug-likeness (QED) is 0.734. The number of methoxy groups -OCH3 is 3. The highest BCUT2D eigenvalue weighted by molar-refractivity contribution is 5.95. The number of morpholine rings is 1. The third-order valence-corrected chi connectivity index (χ3v) is 5.06. The van der Waals surface area contributed by atoms with Gasteiger partial charge in [-0.1, -0.05) is 12.1 Å². The van der Waals surface area contributed by atoms with E-state index < -0.39 is 0 Å². The van der Waals surface area contributed by atoms with E-state index in [0.29, 0.717) is 36.8 Å². The first kappa shape index (κ1) is 21.0. The normalized spacial score (nSPS) is 15.4. The van der Waals surface area contributed by atoms with Gasteiger partial charge in [0.25, 0.3) is 5.91 Å². The van der Waals surface area contributed by atoms with E-state index in [0.717, 1.165) is 24.4 Å². The number of nitrogens with zero attached hydrogens (tertiary/aromatic N) is 1. The van der Waals surface area contributed by atoms with Crippen LogP contribution in [-0.2, 0) is 4.74 Å². The lowest BCUT2D eigenvalue weighted by molar-refractivity contribution is 0.0162. The summed E-state index contributed by atoms with van der Waals surface area (Å²) in [5.74, 6) is 1.79. The second kappa shape index (κ2) is 10.1. The number of ether oxygens (including phenoxy) is 4. The molecule has 0 aliphatic carbocycles. The minimum atomic E-state index is -0.172. The molecule has 2 aromatic carbocycles. The maximum atomic E-state index is 12.8. The number of carbonyl (C=O) groups is 1. The van der Waals surface area contributed by atoms with Gasteiger partial charge in [-0.25, -0.2) is 0 Å². The summed E-state index contributed by atoms with van der Waals surface area (Å²) in [7, 11) is 4.78. The summed E-state index contributed by atoms with van der Waals surface area (Å²) in [4.78, 5) is 15.1. The van der Waals surface area contributed by atoms with Crippen LogP contribution in [0.4, 0.5) is 0 Å². The Hall–Kier alpha value is -2.77. The molecule has 7 nitrogen and oxygen atoms in total. The number of rotatable bonds is 8. The Kier molecular flexibility index (Phi) is 7.32. The lowest BCUT2D eigenvalue weighted by atomic mass is 10.0. The van der Waals surface area contributed by atoms with Crippen molar-refractivity contribution in [1.82, 2.24) is 10.2 Å². The summed E-state index contributed by atoms with van der Waals surface area (Å²) in [6.07, 6.45) is 0. The molecule has 156 valence electrons. The fourth-order valence-electron chi connectivity index (χ4n) is 3.40. The van der Waals surface area contributed by atoms with Crippen LogP contribution in [0.25, 0.3) is 0 Å². The van der Waals surface area contributed by atoms with Gasteiger partial charge in [0.05, 0.1) is 40.6 Å². The summed E-state index contributed by atoms with van der Waals surface area (Å²) in [6.45, 7) is 3.49. The van der Waals surface area contributed by atoms with Crippen LogP contribution in [0.5, 0.6) is 17.2 Å². The molecule has 0 bridgehead atoms. The Morgan fingerprint density at radius 2 is 1.55 bits per heavy atom. The van der Waals surface area contributed by atoms with Crippen molar-refractivity contribution in [2.45, 2.75) is 6.04 Å². The predicted octanol–water partition coefficient (Wildman–Crippen LogP) is 2.52. The molecule has 1 fully saturated rings. The van der Waals surface area contributed by atoms with Crippen molar-refractivity contribution < 1.29 is 23.7 Å². The third-order valence-electron chi connectivity index (χ3n) is 5.06. The van der Waals surface area contributed by atoms with Gasteiger partial charge in [0.15, 0.2) is 0 Å². The van der Waals surface area contributed by atoms with E-state index in [4.69, 9.17) is 18.9 Å². The second-order valence-corrected chi connectivity index (χ2v) is 6.75. The van der Waals surface area contributed by atoms with E-state index in [-0.39, 0.29) is 11.9 Å². The Balaban J connectivity index is 1.76. The van der Waals surface area contributed by atoms with Crippen LogP contribution in [0.1, 0.15) is 22.0 Å². The average Bonchev–Trinajstić information content (AvgIpc) is 2.79. The molecular weight excluding hydrogens is 372 g/mol. The van der Waals surface area contributed by atoms with Crippen molar-refractivity contribution in [2.75, 3.05) is 54.2 Å².